The highest BCUT2D eigenvalue weighted by Gasteiger charge is 2.35. The van der Waals surface area contributed by atoms with Gasteiger partial charge in [0.1, 0.15) is 11.9 Å². The summed E-state index contributed by atoms with van der Waals surface area (Å²) in [6.07, 6.45) is 2.58. The summed E-state index contributed by atoms with van der Waals surface area (Å²) in [4.78, 5) is 12.1. The molecule has 1 aliphatic heterocycles. The third-order valence-electron chi connectivity index (χ3n) is 4.06. The molecule has 4 atom stereocenters. The van der Waals surface area contributed by atoms with Gasteiger partial charge in [-0.05, 0) is 38.3 Å². The van der Waals surface area contributed by atoms with Crippen molar-refractivity contribution in [2.45, 2.75) is 63.9 Å². The molecule has 2 rings (SSSR count). The second kappa shape index (κ2) is 10.5. The van der Waals surface area contributed by atoms with Gasteiger partial charge in [0.2, 0.25) is 0 Å². The number of cyclic esters (lactones) is 1. The van der Waals surface area contributed by atoms with Crippen molar-refractivity contribution in [3.63, 3.8) is 0 Å². The lowest BCUT2D eigenvalue weighted by Gasteiger charge is -2.31. The highest BCUT2D eigenvalue weighted by molar-refractivity contribution is 5.74. The van der Waals surface area contributed by atoms with Gasteiger partial charge in [-0.15, -0.1) is 0 Å². The molecule has 0 unspecified atom stereocenters. The molecular formula is C18H28ClNO4. The molecule has 0 aromatic heterocycles. The van der Waals surface area contributed by atoms with Gasteiger partial charge >= 0.3 is 5.97 Å². The number of para-hydroxylation sites is 1. The topological polar surface area (TPSA) is 72.4 Å². The van der Waals surface area contributed by atoms with Gasteiger partial charge < -0.3 is 32.4 Å². The number of rotatable bonds is 5. The van der Waals surface area contributed by atoms with Crippen molar-refractivity contribution in [2.75, 3.05) is 6.61 Å². The lowest BCUT2D eigenvalue weighted by Crippen LogP contribution is -3.00. The molecule has 5 nitrogen and oxygen atoms in total. The van der Waals surface area contributed by atoms with Crippen LogP contribution in [-0.4, -0.2) is 36.9 Å². The Hall–Kier alpha value is -1.30. The number of hydrogen-bond acceptors (Lipinski definition) is 4. The number of carbonyl (C=O) groups is 1. The van der Waals surface area contributed by atoms with Crippen molar-refractivity contribution in [1.29, 1.82) is 0 Å². The van der Waals surface area contributed by atoms with Gasteiger partial charge in [0.05, 0.1) is 6.10 Å². The monoisotopic (exact) mass is 357 g/mol. The molecular weight excluding hydrogens is 330 g/mol. The molecule has 24 heavy (non-hydrogen) atoms. The summed E-state index contributed by atoms with van der Waals surface area (Å²) in [5.41, 5.74) is 3.90. The minimum absolute atomic E-state index is 0. The van der Waals surface area contributed by atoms with Crippen molar-refractivity contribution in [3.05, 3.63) is 30.3 Å². The van der Waals surface area contributed by atoms with E-state index in [0.29, 0.717) is 6.61 Å². The standard InChI is InChI=1S/C18H27NO4.ClH/c1-3-12-21-16-11-7-10-15(19)18(20)22-13(2)17(16)23-14-8-5-4-6-9-14;/h4-6,8-9,13,15-17H,3,7,10-12,19H2,1-2H3;1H/t13-,15-,16-,17-;/m0./s1. The lowest BCUT2D eigenvalue weighted by atomic mass is 10.0. The van der Waals surface area contributed by atoms with E-state index in [2.05, 4.69) is 12.7 Å². The number of ether oxygens (including phenoxy) is 3. The van der Waals surface area contributed by atoms with Gasteiger partial charge in [-0.3, -0.25) is 0 Å². The van der Waals surface area contributed by atoms with Crippen molar-refractivity contribution in [3.8, 4) is 5.75 Å². The summed E-state index contributed by atoms with van der Waals surface area (Å²) in [5.74, 6) is 0.506. The number of halogens is 1. The number of esters is 1. The normalized spacial score (nSPS) is 27.9. The summed E-state index contributed by atoms with van der Waals surface area (Å²) in [7, 11) is 0. The minimum atomic E-state index is -0.382. The van der Waals surface area contributed by atoms with Crippen molar-refractivity contribution >= 4 is 5.97 Å². The van der Waals surface area contributed by atoms with Crippen molar-refractivity contribution in [1.82, 2.24) is 0 Å². The summed E-state index contributed by atoms with van der Waals surface area (Å²) < 4.78 is 17.7. The molecule has 0 saturated carbocycles. The van der Waals surface area contributed by atoms with E-state index in [0.717, 1.165) is 31.4 Å². The van der Waals surface area contributed by atoms with Crippen LogP contribution in [0.1, 0.15) is 39.5 Å². The van der Waals surface area contributed by atoms with E-state index >= 15 is 0 Å². The molecule has 0 radical (unpaired) electrons. The third-order valence-corrected chi connectivity index (χ3v) is 4.06. The fraction of sp³-hybridized carbons (Fsp3) is 0.611. The van der Waals surface area contributed by atoms with E-state index in [4.69, 9.17) is 14.2 Å². The Bertz CT molecular complexity index is 485. The van der Waals surface area contributed by atoms with E-state index < -0.39 is 0 Å². The Balaban J connectivity index is 0.00000288. The van der Waals surface area contributed by atoms with Crippen LogP contribution in [0.15, 0.2) is 30.3 Å². The molecule has 1 saturated heterocycles. The van der Waals surface area contributed by atoms with Crippen molar-refractivity contribution < 1.29 is 37.1 Å². The molecule has 1 fully saturated rings. The van der Waals surface area contributed by atoms with E-state index in [1.54, 1.807) is 0 Å². The molecule has 6 heteroatoms. The second-order valence-corrected chi connectivity index (χ2v) is 6.07. The van der Waals surface area contributed by atoms with Crippen LogP contribution in [0.2, 0.25) is 0 Å². The smallest absolute Gasteiger partial charge is 0.365 e. The first kappa shape index (κ1) is 20.7. The quantitative estimate of drug-likeness (QED) is 0.683. The minimum Gasteiger partial charge on any atom is -1.00 e. The Kier molecular flexibility index (Phi) is 9.11. The molecule has 136 valence electrons. The van der Waals surface area contributed by atoms with E-state index in [9.17, 15) is 4.79 Å². The van der Waals surface area contributed by atoms with Crippen LogP contribution in [0.5, 0.6) is 5.75 Å². The molecule has 0 spiro atoms. The fourth-order valence-electron chi connectivity index (χ4n) is 2.77. The molecule has 1 aliphatic rings. The van der Waals surface area contributed by atoms with Crippen LogP contribution in [0.3, 0.4) is 0 Å². The first-order valence-corrected chi connectivity index (χ1v) is 8.48. The van der Waals surface area contributed by atoms with Crippen LogP contribution in [0.25, 0.3) is 0 Å². The zero-order chi connectivity index (χ0) is 16.7. The first-order chi connectivity index (χ1) is 11.1. The predicted octanol–water partition coefficient (Wildman–Crippen LogP) is -1.04. The molecule has 1 aromatic rings. The van der Waals surface area contributed by atoms with Gasteiger partial charge in [-0.1, -0.05) is 25.1 Å². The maximum absolute atomic E-state index is 12.1. The third kappa shape index (κ3) is 5.96. The SMILES string of the molecule is CCCO[C@H]1CCC[C@H]([NH3+])C(=O)O[C@@H](C)[C@@H]1Oc1ccccc1.[Cl-]. The largest absolute Gasteiger partial charge is 1.00 e. The summed E-state index contributed by atoms with van der Waals surface area (Å²) in [5, 5.41) is 0. The van der Waals surface area contributed by atoms with Gasteiger partial charge in [0, 0.05) is 13.0 Å². The number of quaternary nitrogens is 1. The van der Waals surface area contributed by atoms with E-state index in [-0.39, 0.29) is 42.7 Å². The van der Waals surface area contributed by atoms with Crippen LogP contribution in [0.4, 0.5) is 0 Å². The van der Waals surface area contributed by atoms with Crippen molar-refractivity contribution in [2.24, 2.45) is 0 Å². The number of benzene rings is 1. The van der Waals surface area contributed by atoms with Gasteiger partial charge in [-0.25, -0.2) is 4.79 Å². The van der Waals surface area contributed by atoms with Gasteiger partial charge in [0.15, 0.2) is 12.1 Å². The predicted molar refractivity (Wildman–Crippen MR) is 87.0 cm³/mol. The molecule has 1 aromatic carbocycles. The Morgan fingerprint density at radius 3 is 2.62 bits per heavy atom. The Morgan fingerprint density at radius 2 is 1.96 bits per heavy atom. The summed E-state index contributed by atoms with van der Waals surface area (Å²) >= 11 is 0. The fourth-order valence-corrected chi connectivity index (χ4v) is 2.77. The van der Waals surface area contributed by atoms with Gasteiger partial charge in [-0.2, -0.15) is 0 Å². The van der Waals surface area contributed by atoms with E-state index in [1.165, 1.54) is 0 Å². The highest BCUT2D eigenvalue weighted by atomic mass is 35.5. The van der Waals surface area contributed by atoms with Crippen LogP contribution in [0, 0.1) is 0 Å². The molecule has 1 heterocycles. The maximum atomic E-state index is 12.1. The van der Waals surface area contributed by atoms with Crippen LogP contribution < -0.4 is 22.9 Å². The maximum Gasteiger partial charge on any atom is 0.365 e. The second-order valence-electron chi connectivity index (χ2n) is 6.07. The zero-order valence-electron chi connectivity index (χ0n) is 14.4. The average Bonchev–Trinajstić information content (AvgIpc) is 2.60. The first-order valence-electron chi connectivity index (χ1n) is 8.48. The molecule has 3 N–H and O–H groups in total. The van der Waals surface area contributed by atoms with Gasteiger partial charge in [0.25, 0.3) is 0 Å². The number of carbonyl (C=O) groups excluding carboxylic acids is 1. The Morgan fingerprint density at radius 1 is 1.25 bits per heavy atom. The highest BCUT2D eigenvalue weighted by Crippen LogP contribution is 2.23. The lowest BCUT2D eigenvalue weighted by molar-refractivity contribution is -0.410. The Labute approximate surface area is 150 Å². The summed E-state index contributed by atoms with van der Waals surface area (Å²) in [6.45, 7) is 4.62. The molecule has 0 bridgehead atoms. The average molecular weight is 358 g/mol. The summed E-state index contributed by atoms with van der Waals surface area (Å²) in [6, 6.07) is 9.28. The zero-order valence-corrected chi connectivity index (χ0v) is 15.2. The molecule has 0 amide bonds. The van der Waals surface area contributed by atoms with Crippen LogP contribution in [-0.2, 0) is 14.3 Å². The molecule has 0 aliphatic carbocycles. The van der Waals surface area contributed by atoms with Crippen LogP contribution >= 0.6 is 0 Å². The van der Waals surface area contributed by atoms with E-state index in [1.807, 2.05) is 37.3 Å². The number of hydrogen-bond donors (Lipinski definition) is 1.